The van der Waals surface area contributed by atoms with Crippen molar-refractivity contribution < 1.29 is 4.74 Å². The Morgan fingerprint density at radius 1 is 1.44 bits per heavy atom. The average molecular weight is 251 g/mol. The van der Waals surface area contributed by atoms with Gasteiger partial charge in [0.05, 0.1) is 16.9 Å². The zero-order valence-corrected chi connectivity index (χ0v) is 12.2. The van der Waals surface area contributed by atoms with Crippen molar-refractivity contribution in [2.24, 2.45) is 0 Å². The summed E-state index contributed by atoms with van der Waals surface area (Å²) in [5.41, 5.74) is 1.09. The molecule has 1 aromatic heterocycles. The van der Waals surface area contributed by atoms with Gasteiger partial charge >= 0.3 is 0 Å². The van der Waals surface area contributed by atoms with Gasteiger partial charge in [-0.05, 0) is 47.1 Å². The van der Waals surface area contributed by atoms with Crippen LogP contribution >= 0.6 is 0 Å². The zero-order valence-electron chi connectivity index (χ0n) is 12.2. The fraction of sp³-hybridized carbons (Fsp3) is 0.786. The first-order chi connectivity index (χ1) is 8.34. The first-order valence-corrected chi connectivity index (χ1v) is 6.78. The predicted molar refractivity (Wildman–Crippen MR) is 72.4 cm³/mol. The molecule has 0 aliphatic carbocycles. The normalized spacial score (nSPS) is 25.5. The minimum atomic E-state index is -0.111. The summed E-state index contributed by atoms with van der Waals surface area (Å²) in [4.78, 5) is 0. The van der Waals surface area contributed by atoms with Gasteiger partial charge in [0, 0.05) is 25.3 Å². The molecule has 0 bridgehead atoms. The summed E-state index contributed by atoms with van der Waals surface area (Å²) in [5.74, 6) is 0. The zero-order chi connectivity index (χ0) is 13.4. The molecule has 1 aliphatic rings. The molecular weight excluding hydrogens is 226 g/mol. The van der Waals surface area contributed by atoms with E-state index in [1.54, 1.807) is 0 Å². The average Bonchev–Trinajstić information content (AvgIpc) is 2.76. The van der Waals surface area contributed by atoms with Crippen LogP contribution in [0.1, 0.15) is 46.7 Å². The largest absolute Gasteiger partial charge is 0.368 e. The maximum atomic E-state index is 6.09. The lowest BCUT2D eigenvalue weighted by atomic mass is 9.94. The lowest BCUT2D eigenvalue weighted by Crippen LogP contribution is -2.43. The van der Waals surface area contributed by atoms with Crippen LogP contribution in [0.15, 0.2) is 12.3 Å². The molecule has 1 fully saturated rings. The molecule has 18 heavy (non-hydrogen) atoms. The molecule has 0 aromatic carbocycles. The Morgan fingerprint density at radius 3 is 2.72 bits per heavy atom. The third-order valence-corrected chi connectivity index (χ3v) is 3.71. The summed E-state index contributed by atoms with van der Waals surface area (Å²) < 4.78 is 8.12. The van der Waals surface area contributed by atoms with Crippen molar-refractivity contribution in [3.05, 3.63) is 18.0 Å². The van der Waals surface area contributed by atoms with E-state index in [-0.39, 0.29) is 11.2 Å². The maximum absolute atomic E-state index is 6.09. The van der Waals surface area contributed by atoms with Gasteiger partial charge < -0.3 is 10.1 Å². The second-order valence-corrected chi connectivity index (χ2v) is 6.24. The topological polar surface area (TPSA) is 39.1 Å². The van der Waals surface area contributed by atoms with Crippen molar-refractivity contribution in [2.45, 2.75) is 71.4 Å². The molecule has 2 heterocycles. The van der Waals surface area contributed by atoms with Crippen LogP contribution in [0.3, 0.4) is 0 Å². The van der Waals surface area contributed by atoms with Gasteiger partial charge in [-0.3, -0.25) is 4.68 Å². The number of hydrogen-bond donors (Lipinski definition) is 1. The molecule has 102 valence electrons. The van der Waals surface area contributed by atoms with E-state index in [0.29, 0.717) is 6.04 Å². The van der Waals surface area contributed by atoms with Crippen molar-refractivity contribution in [3.8, 4) is 0 Å². The van der Waals surface area contributed by atoms with Crippen LogP contribution < -0.4 is 5.32 Å². The Morgan fingerprint density at radius 2 is 2.17 bits per heavy atom. The van der Waals surface area contributed by atoms with Crippen LogP contribution in [0.2, 0.25) is 0 Å². The molecule has 0 amide bonds. The van der Waals surface area contributed by atoms with Gasteiger partial charge in [-0.2, -0.15) is 5.10 Å². The molecule has 1 aliphatic heterocycles. The van der Waals surface area contributed by atoms with Crippen LogP contribution in [-0.4, -0.2) is 27.0 Å². The lowest BCUT2D eigenvalue weighted by Gasteiger charge is -2.27. The highest BCUT2D eigenvalue weighted by atomic mass is 16.5. The van der Waals surface area contributed by atoms with Gasteiger partial charge in [0.25, 0.3) is 0 Å². The van der Waals surface area contributed by atoms with Gasteiger partial charge in [-0.1, -0.05) is 0 Å². The van der Waals surface area contributed by atoms with E-state index in [9.17, 15) is 0 Å². The Kier molecular flexibility index (Phi) is 3.52. The highest BCUT2D eigenvalue weighted by molar-refractivity contribution is 5.04. The van der Waals surface area contributed by atoms with E-state index in [1.165, 1.54) is 5.69 Å². The molecule has 1 saturated heterocycles. The summed E-state index contributed by atoms with van der Waals surface area (Å²) in [6.45, 7) is 12.5. The van der Waals surface area contributed by atoms with Crippen LogP contribution in [0.4, 0.5) is 0 Å². The van der Waals surface area contributed by atoms with E-state index in [0.717, 1.165) is 19.5 Å². The summed E-state index contributed by atoms with van der Waals surface area (Å²) in [6, 6.07) is 2.46. The number of aromatic nitrogens is 2. The Hall–Kier alpha value is -0.870. The van der Waals surface area contributed by atoms with Crippen molar-refractivity contribution in [1.82, 2.24) is 15.1 Å². The molecule has 0 spiro atoms. The number of ether oxygens (including phenoxy) is 1. The Bertz CT molecular complexity index is 409. The molecule has 0 saturated carbocycles. The van der Waals surface area contributed by atoms with Crippen LogP contribution in [0, 0.1) is 0 Å². The molecule has 1 aromatic rings. The monoisotopic (exact) mass is 251 g/mol. The SMILES string of the molecule is CCn1nccc1CNC1CC(C)(C)OC1(C)C. The van der Waals surface area contributed by atoms with Gasteiger partial charge in [0.1, 0.15) is 0 Å². The molecular formula is C14H25N3O. The fourth-order valence-electron chi connectivity index (χ4n) is 2.90. The second-order valence-electron chi connectivity index (χ2n) is 6.24. The minimum absolute atomic E-state index is 0.0355. The molecule has 0 radical (unpaired) electrons. The number of rotatable bonds is 4. The highest BCUT2D eigenvalue weighted by Gasteiger charge is 2.45. The third-order valence-electron chi connectivity index (χ3n) is 3.71. The van der Waals surface area contributed by atoms with E-state index in [2.05, 4.69) is 51.1 Å². The van der Waals surface area contributed by atoms with E-state index < -0.39 is 0 Å². The summed E-state index contributed by atoms with van der Waals surface area (Å²) in [7, 11) is 0. The number of hydrogen-bond acceptors (Lipinski definition) is 3. The van der Waals surface area contributed by atoms with Crippen molar-refractivity contribution in [2.75, 3.05) is 0 Å². The Balaban J connectivity index is 1.98. The van der Waals surface area contributed by atoms with Crippen molar-refractivity contribution in [3.63, 3.8) is 0 Å². The first-order valence-electron chi connectivity index (χ1n) is 6.78. The van der Waals surface area contributed by atoms with Crippen LogP contribution in [-0.2, 0) is 17.8 Å². The molecule has 4 nitrogen and oxygen atoms in total. The maximum Gasteiger partial charge on any atom is 0.0787 e. The highest BCUT2D eigenvalue weighted by Crippen LogP contribution is 2.37. The summed E-state index contributed by atoms with van der Waals surface area (Å²) >= 11 is 0. The van der Waals surface area contributed by atoms with Gasteiger partial charge in [0.15, 0.2) is 0 Å². The van der Waals surface area contributed by atoms with Crippen LogP contribution in [0.25, 0.3) is 0 Å². The molecule has 4 heteroatoms. The number of aryl methyl sites for hydroxylation is 1. The van der Waals surface area contributed by atoms with Crippen molar-refractivity contribution in [1.29, 1.82) is 0 Å². The van der Waals surface area contributed by atoms with Crippen molar-refractivity contribution >= 4 is 0 Å². The quantitative estimate of drug-likeness (QED) is 0.892. The first kappa shape index (κ1) is 13.6. The standard InChI is InChI=1S/C14H25N3O/c1-6-17-11(7-8-16-17)10-15-12-9-13(2,3)18-14(12,4)5/h7-8,12,15H,6,9-10H2,1-5H3. The summed E-state index contributed by atoms with van der Waals surface area (Å²) in [5, 5.41) is 7.91. The smallest absolute Gasteiger partial charge is 0.0787 e. The van der Waals surface area contributed by atoms with Gasteiger partial charge in [-0.15, -0.1) is 0 Å². The molecule has 1 N–H and O–H groups in total. The second kappa shape index (κ2) is 4.67. The number of nitrogens with zero attached hydrogens (tertiary/aromatic N) is 2. The van der Waals surface area contributed by atoms with Gasteiger partial charge in [0.2, 0.25) is 0 Å². The third kappa shape index (κ3) is 2.75. The lowest BCUT2D eigenvalue weighted by molar-refractivity contribution is -0.0699. The molecule has 2 rings (SSSR count). The summed E-state index contributed by atoms with van der Waals surface area (Å²) in [6.07, 6.45) is 2.90. The van der Waals surface area contributed by atoms with E-state index in [4.69, 9.17) is 4.74 Å². The van der Waals surface area contributed by atoms with E-state index in [1.807, 2.05) is 10.9 Å². The minimum Gasteiger partial charge on any atom is -0.368 e. The fourth-order valence-corrected chi connectivity index (χ4v) is 2.90. The van der Waals surface area contributed by atoms with E-state index >= 15 is 0 Å². The molecule has 1 unspecified atom stereocenters. The Labute approximate surface area is 110 Å². The van der Waals surface area contributed by atoms with Gasteiger partial charge in [-0.25, -0.2) is 0 Å². The predicted octanol–water partition coefficient (Wildman–Crippen LogP) is 2.34. The molecule has 1 atom stereocenters. The number of nitrogens with one attached hydrogen (secondary N) is 1. The van der Waals surface area contributed by atoms with Crippen LogP contribution in [0.5, 0.6) is 0 Å².